The van der Waals surface area contributed by atoms with Crippen molar-refractivity contribution >= 4 is 0 Å². The van der Waals surface area contributed by atoms with Crippen LogP contribution >= 0.6 is 0 Å². The Morgan fingerprint density at radius 3 is 2.89 bits per heavy atom. The summed E-state index contributed by atoms with van der Waals surface area (Å²) in [6.45, 7) is 3.18. The average molecular weight is 265 g/mol. The Kier molecular flexibility index (Phi) is 4.45. The lowest BCUT2D eigenvalue weighted by atomic mass is 9.93. The third kappa shape index (κ3) is 3.76. The second-order valence-corrected chi connectivity index (χ2v) is 5.68. The minimum absolute atomic E-state index is 0.301. The molecule has 3 rings (SSSR count). The minimum Gasteiger partial charge on any atom is -0.378 e. The molecule has 0 bridgehead atoms. The predicted molar refractivity (Wildman–Crippen MR) is 70.9 cm³/mol. The van der Waals surface area contributed by atoms with Gasteiger partial charge >= 0.3 is 0 Å². The van der Waals surface area contributed by atoms with Gasteiger partial charge in [0.2, 0.25) is 5.89 Å². The van der Waals surface area contributed by atoms with Gasteiger partial charge in [0, 0.05) is 19.4 Å². The van der Waals surface area contributed by atoms with E-state index in [2.05, 4.69) is 15.5 Å². The Hall–Kier alpha value is -0.940. The summed E-state index contributed by atoms with van der Waals surface area (Å²) in [5.41, 5.74) is 0. The van der Waals surface area contributed by atoms with Crippen LogP contribution in [0, 0.1) is 5.92 Å². The van der Waals surface area contributed by atoms with E-state index in [1.807, 2.05) is 0 Å². The number of piperidine rings is 1. The second kappa shape index (κ2) is 6.48. The highest BCUT2D eigenvalue weighted by atomic mass is 16.5. The first-order valence-corrected chi connectivity index (χ1v) is 7.54. The quantitative estimate of drug-likeness (QED) is 0.878. The molecule has 1 aromatic heterocycles. The summed E-state index contributed by atoms with van der Waals surface area (Å²) in [6.07, 6.45) is 8.02. The molecular formula is C14H23N3O2. The van der Waals surface area contributed by atoms with Crippen molar-refractivity contribution in [3.8, 4) is 0 Å². The summed E-state index contributed by atoms with van der Waals surface area (Å²) in [5.74, 6) is 2.42. The molecule has 0 saturated carbocycles. The molecule has 0 spiro atoms. The Morgan fingerprint density at radius 1 is 1.21 bits per heavy atom. The molecule has 2 saturated heterocycles. The molecular weight excluding hydrogens is 242 g/mol. The van der Waals surface area contributed by atoms with Crippen molar-refractivity contribution < 1.29 is 9.26 Å². The van der Waals surface area contributed by atoms with Crippen LogP contribution in [0.15, 0.2) is 4.52 Å². The lowest BCUT2D eigenvalue weighted by molar-refractivity contribution is 0.109. The standard InChI is InChI=1S/C14H23N3O2/c1-2-12(18-9-1)10-13-16-14(19-17-13)4-3-11-5-7-15-8-6-11/h11-12,15H,1-10H2. The number of aromatic nitrogens is 2. The third-order valence-electron chi connectivity index (χ3n) is 4.17. The monoisotopic (exact) mass is 265 g/mol. The van der Waals surface area contributed by atoms with Gasteiger partial charge in [0.1, 0.15) is 0 Å². The smallest absolute Gasteiger partial charge is 0.226 e. The summed E-state index contributed by atoms with van der Waals surface area (Å²) in [4.78, 5) is 4.48. The molecule has 1 aromatic rings. The van der Waals surface area contributed by atoms with Gasteiger partial charge in [-0.05, 0) is 51.1 Å². The molecule has 2 aliphatic rings. The number of nitrogens with zero attached hydrogens (tertiary/aromatic N) is 2. The van der Waals surface area contributed by atoms with Crippen LogP contribution in [0.1, 0.15) is 43.8 Å². The molecule has 3 heterocycles. The summed E-state index contributed by atoms with van der Waals surface area (Å²) in [5, 5.41) is 7.46. The fourth-order valence-electron chi connectivity index (χ4n) is 2.98. The molecule has 5 nitrogen and oxygen atoms in total. The van der Waals surface area contributed by atoms with E-state index >= 15 is 0 Å². The van der Waals surface area contributed by atoms with E-state index in [1.165, 1.54) is 19.3 Å². The fourth-order valence-corrected chi connectivity index (χ4v) is 2.98. The molecule has 2 aliphatic heterocycles. The van der Waals surface area contributed by atoms with Crippen LogP contribution in [-0.2, 0) is 17.6 Å². The zero-order valence-corrected chi connectivity index (χ0v) is 11.4. The molecule has 0 aromatic carbocycles. The maximum Gasteiger partial charge on any atom is 0.226 e. The molecule has 1 N–H and O–H groups in total. The van der Waals surface area contributed by atoms with E-state index in [4.69, 9.17) is 9.26 Å². The average Bonchev–Trinajstić information content (AvgIpc) is 3.10. The summed E-state index contributed by atoms with van der Waals surface area (Å²) in [6, 6.07) is 0. The Balaban J connectivity index is 1.44. The van der Waals surface area contributed by atoms with Crippen LogP contribution in [0.5, 0.6) is 0 Å². The van der Waals surface area contributed by atoms with Crippen LogP contribution in [-0.4, -0.2) is 35.9 Å². The highest BCUT2D eigenvalue weighted by Crippen LogP contribution is 2.19. The first-order chi connectivity index (χ1) is 9.40. The van der Waals surface area contributed by atoms with Gasteiger partial charge in [-0.1, -0.05) is 5.16 Å². The zero-order valence-electron chi connectivity index (χ0n) is 11.4. The fraction of sp³-hybridized carbons (Fsp3) is 0.857. The highest BCUT2D eigenvalue weighted by Gasteiger charge is 2.19. The second-order valence-electron chi connectivity index (χ2n) is 5.68. The molecule has 19 heavy (non-hydrogen) atoms. The van der Waals surface area contributed by atoms with Crippen molar-refractivity contribution in [2.45, 2.75) is 51.0 Å². The summed E-state index contributed by atoms with van der Waals surface area (Å²) < 4.78 is 10.9. The first kappa shape index (κ1) is 13.1. The number of nitrogens with one attached hydrogen (secondary N) is 1. The molecule has 1 atom stereocenters. The molecule has 0 radical (unpaired) electrons. The first-order valence-electron chi connectivity index (χ1n) is 7.54. The van der Waals surface area contributed by atoms with Crippen molar-refractivity contribution in [1.82, 2.24) is 15.5 Å². The molecule has 5 heteroatoms. The maximum atomic E-state index is 5.59. The predicted octanol–water partition coefficient (Wildman–Crippen LogP) is 1.72. The number of rotatable bonds is 5. The van der Waals surface area contributed by atoms with E-state index in [1.54, 1.807) is 0 Å². The van der Waals surface area contributed by atoms with Crippen molar-refractivity contribution in [1.29, 1.82) is 0 Å². The van der Waals surface area contributed by atoms with E-state index in [9.17, 15) is 0 Å². The highest BCUT2D eigenvalue weighted by molar-refractivity contribution is 4.90. The molecule has 0 aliphatic carbocycles. The number of hydrogen-bond donors (Lipinski definition) is 1. The van der Waals surface area contributed by atoms with Crippen molar-refractivity contribution in [2.75, 3.05) is 19.7 Å². The van der Waals surface area contributed by atoms with Gasteiger partial charge < -0.3 is 14.6 Å². The van der Waals surface area contributed by atoms with Gasteiger partial charge in [0.15, 0.2) is 5.82 Å². The number of aryl methyl sites for hydroxylation is 1. The van der Waals surface area contributed by atoms with Gasteiger partial charge in [0.25, 0.3) is 0 Å². The molecule has 2 fully saturated rings. The Labute approximate surface area is 114 Å². The van der Waals surface area contributed by atoms with Gasteiger partial charge in [-0.25, -0.2) is 0 Å². The van der Waals surface area contributed by atoms with Crippen LogP contribution in [0.4, 0.5) is 0 Å². The van der Waals surface area contributed by atoms with E-state index in [0.29, 0.717) is 6.10 Å². The van der Waals surface area contributed by atoms with Crippen LogP contribution in [0.3, 0.4) is 0 Å². The van der Waals surface area contributed by atoms with E-state index in [-0.39, 0.29) is 0 Å². The maximum absolute atomic E-state index is 5.59. The topological polar surface area (TPSA) is 60.2 Å². The van der Waals surface area contributed by atoms with Crippen LogP contribution in [0.2, 0.25) is 0 Å². The summed E-state index contributed by atoms with van der Waals surface area (Å²) >= 11 is 0. The van der Waals surface area contributed by atoms with E-state index < -0.39 is 0 Å². The van der Waals surface area contributed by atoms with Crippen LogP contribution in [0.25, 0.3) is 0 Å². The lowest BCUT2D eigenvalue weighted by Crippen LogP contribution is -2.27. The Bertz CT molecular complexity index is 382. The Morgan fingerprint density at radius 2 is 2.11 bits per heavy atom. The zero-order chi connectivity index (χ0) is 12.9. The number of hydrogen-bond acceptors (Lipinski definition) is 5. The van der Waals surface area contributed by atoms with Gasteiger partial charge in [0.05, 0.1) is 6.10 Å². The largest absolute Gasteiger partial charge is 0.378 e. The van der Waals surface area contributed by atoms with Gasteiger partial charge in [-0.15, -0.1) is 0 Å². The van der Waals surface area contributed by atoms with Gasteiger partial charge in [-0.2, -0.15) is 4.98 Å². The van der Waals surface area contributed by atoms with Gasteiger partial charge in [-0.3, -0.25) is 0 Å². The van der Waals surface area contributed by atoms with Crippen molar-refractivity contribution in [3.63, 3.8) is 0 Å². The minimum atomic E-state index is 0.301. The normalized spacial score (nSPS) is 24.9. The lowest BCUT2D eigenvalue weighted by Gasteiger charge is -2.21. The summed E-state index contributed by atoms with van der Waals surface area (Å²) in [7, 11) is 0. The van der Waals surface area contributed by atoms with Crippen LogP contribution < -0.4 is 5.32 Å². The van der Waals surface area contributed by atoms with Crippen molar-refractivity contribution in [2.24, 2.45) is 5.92 Å². The number of ether oxygens (including phenoxy) is 1. The molecule has 106 valence electrons. The molecule has 0 amide bonds. The SMILES string of the molecule is C1COC(Cc2noc(CCC3CCNCC3)n2)C1. The van der Waals surface area contributed by atoms with E-state index in [0.717, 1.165) is 63.0 Å². The molecule has 1 unspecified atom stereocenters. The third-order valence-corrected chi connectivity index (χ3v) is 4.17. The van der Waals surface area contributed by atoms with Crippen molar-refractivity contribution in [3.05, 3.63) is 11.7 Å².